The number of ether oxygens (including phenoxy) is 1. The largest absolute Gasteiger partial charge is 0.504 e. The van der Waals surface area contributed by atoms with Crippen molar-refractivity contribution in [3.63, 3.8) is 0 Å². The molecule has 186 valence electrons. The molecule has 0 aromatic heterocycles. The fourth-order valence-corrected chi connectivity index (χ4v) is 3.48. The second-order valence-corrected chi connectivity index (χ2v) is 7.77. The van der Waals surface area contributed by atoms with E-state index in [0.29, 0.717) is 11.1 Å². The number of phenolic OH excluding ortho intramolecular Hbond substituents is 1. The fraction of sp³-hybridized carbons (Fsp3) is 0.179. The molecular formula is C28H30N4O4. The SMILES string of the molecule is CCN(CC)c1ccc(/C=C(/NC(=O)c2ccccc2)C(=O)N/N=C\c2ccc(O)c(OC)c2)cc1. The lowest BCUT2D eigenvalue weighted by Crippen LogP contribution is -2.32. The number of hydrogen-bond donors (Lipinski definition) is 3. The van der Waals surface area contributed by atoms with Crippen LogP contribution < -0.4 is 20.4 Å². The molecule has 0 aliphatic carbocycles. The van der Waals surface area contributed by atoms with Gasteiger partial charge in [0.05, 0.1) is 13.3 Å². The van der Waals surface area contributed by atoms with E-state index >= 15 is 0 Å². The molecule has 3 N–H and O–H groups in total. The Balaban J connectivity index is 1.82. The third-order valence-corrected chi connectivity index (χ3v) is 5.44. The first kappa shape index (κ1) is 26.0. The van der Waals surface area contributed by atoms with Gasteiger partial charge in [0.15, 0.2) is 11.5 Å². The summed E-state index contributed by atoms with van der Waals surface area (Å²) in [6.07, 6.45) is 3.01. The molecule has 0 heterocycles. The second kappa shape index (κ2) is 12.8. The lowest BCUT2D eigenvalue weighted by atomic mass is 10.1. The number of carbonyl (C=O) groups is 2. The second-order valence-electron chi connectivity index (χ2n) is 7.77. The zero-order chi connectivity index (χ0) is 25.9. The van der Waals surface area contributed by atoms with Crippen LogP contribution in [0.15, 0.2) is 83.6 Å². The molecule has 0 aliphatic rings. The number of rotatable bonds is 10. The Morgan fingerprint density at radius 2 is 1.64 bits per heavy atom. The molecule has 0 atom stereocenters. The first-order valence-electron chi connectivity index (χ1n) is 11.6. The number of anilines is 1. The molecule has 3 aromatic carbocycles. The van der Waals surface area contributed by atoms with E-state index in [1.807, 2.05) is 30.3 Å². The summed E-state index contributed by atoms with van der Waals surface area (Å²) < 4.78 is 5.08. The van der Waals surface area contributed by atoms with Gasteiger partial charge in [0.1, 0.15) is 5.70 Å². The van der Waals surface area contributed by atoms with Crippen molar-refractivity contribution in [1.29, 1.82) is 0 Å². The van der Waals surface area contributed by atoms with Crippen LogP contribution in [0.1, 0.15) is 35.3 Å². The van der Waals surface area contributed by atoms with Gasteiger partial charge in [-0.15, -0.1) is 0 Å². The van der Waals surface area contributed by atoms with Crippen molar-refractivity contribution in [2.45, 2.75) is 13.8 Å². The van der Waals surface area contributed by atoms with E-state index in [1.165, 1.54) is 19.4 Å². The molecule has 8 heteroatoms. The lowest BCUT2D eigenvalue weighted by Gasteiger charge is -2.20. The molecule has 2 amide bonds. The average Bonchev–Trinajstić information content (AvgIpc) is 2.91. The van der Waals surface area contributed by atoms with Crippen molar-refractivity contribution in [2.24, 2.45) is 5.10 Å². The number of aromatic hydroxyl groups is 1. The van der Waals surface area contributed by atoms with Crippen molar-refractivity contribution in [2.75, 3.05) is 25.1 Å². The van der Waals surface area contributed by atoms with Gasteiger partial charge < -0.3 is 20.1 Å². The highest BCUT2D eigenvalue weighted by molar-refractivity contribution is 6.05. The number of nitrogens with zero attached hydrogens (tertiary/aromatic N) is 2. The monoisotopic (exact) mass is 486 g/mol. The van der Waals surface area contributed by atoms with Gasteiger partial charge in [-0.05, 0) is 73.5 Å². The summed E-state index contributed by atoms with van der Waals surface area (Å²) in [5.74, 6) is -0.716. The van der Waals surface area contributed by atoms with Crippen LogP contribution >= 0.6 is 0 Å². The summed E-state index contributed by atoms with van der Waals surface area (Å²) in [6.45, 7) is 5.95. The van der Waals surface area contributed by atoms with Gasteiger partial charge >= 0.3 is 0 Å². The predicted molar refractivity (Wildman–Crippen MR) is 142 cm³/mol. The van der Waals surface area contributed by atoms with Gasteiger partial charge in [-0.3, -0.25) is 9.59 Å². The molecule has 3 aromatic rings. The molecule has 0 spiro atoms. The Kier molecular flexibility index (Phi) is 9.22. The Bertz CT molecular complexity index is 1230. The van der Waals surface area contributed by atoms with Crippen LogP contribution in [0.4, 0.5) is 5.69 Å². The summed E-state index contributed by atoms with van der Waals surface area (Å²) in [6, 6.07) is 21.0. The third kappa shape index (κ3) is 6.96. The van der Waals surface area contributed by atoms with Crippen LogP contribution in [0.25, 0.3) is 6.08 Å². The molecule has 0 saturated heterocycles. The first-order valence-corrected chi connectivity index (χ1v) is 11.6. The normalized spacial score (nSPS) is 11.2. The zero-order valence-electron chi connectivity index (χ0n) is 20.6. The molecule has 0 bridgehead atoms. The molecule has 0 saturated carbocycles. The molecule has 0 unspecified atom stereocenters. The van der Waals surface area contributed by atoms with Crippen LogP contribution in [0.5, 0.6) is 11.5 Å². The number of phenols is 1. The summed E-state index contributed by atoms with van der Waals surface area (Å²) in [5, 5.41) is 16.4. The van der Waals surface area contributed by atoms with E-state index in [2.05, 4.69) is 34.6 Å². The van der Waals surface area contributed by atoms with E-state index in [0.717, 1.165) is 24.3 Å². The van der Waals surface area contributed by atoms with Gasteiger partial charge in [-0.1, -0.05) is 30.3 Å². The molecule has 0 aliphatic heterocycles. The first-order chi connectivity index (χ1) is 17.4. The highest BCUT2D eigenvalue weighted by Gasteiger charge is 2.14. The van der Waals surface area contributed by atoms with Gasteiger partial charge in [-0.25, -0.2) is 5.43 Å². The summed E-state index contributed by atoms with van der Waals surface area (Å²) in [4.78, 5) is 27.9. The minimum atomic E-state index is -0.589. The van der Waals surface area contributed by atoms with Crippen molar-refractivity contribution >= 4 is 29.8 Å². The van der Waals surface area contributed by atoms with Crippen molar-refractivity contribution in [3.8, 4) is 11.5 Å². The minimum absolute atomic E-state index is 0.000424. The van der Waals surface area contributed by atoms with Gasteiger partial charge in [0, 0.05) is 24.3 Å². The van der Waals surface area contributed by atoms with Crippen molar-refractivity contribution < 1.29 is 19.4 Å². The number of hydrogen-bond acceptors (Lipinski definition) is 6. The molecule has 0 fully saturated rings. The van der Waals surface area contributed by atoms with Crippen LogP contribution in [0.2, 0.25) is 0 Å². The van der Waals surface area contributed by atoms with Gasteiger partial charge in [0.25, 0.3) is 11.8 Å². The zero-order valence-corrected chi connectivity index (χ0v) is 20.6. The molecular weight excluding hydrogens is 456 g/mol. The quantitative estimate of drug-likeness (QED) is 0.227. The molecule has 8 nitrogen and oxygen atoms in total. The minimum Gasteiger partial charge on any atom is -0.504 e. The van der Waals surface area contributed by atoms with Crippen LogP contribution in [0.3, 0.4) is 0 Å². The van der Waals surface area contributed by atoms with Crippen LogP contribution in [-0.4, -0.2) is 43.3 Å². The number of carbonyl (C=O) groups excluding carboxylic acids is 2. The maximum atomic E-state index is 13.0. The van der Waals surface area contributed by atoms with Gasteiger partial charge in [0.2, 0.25) is 0 Å². The number of hydrazone groups is 1. The maximum Gasteiger partial charge on any atom is 0.287 e. The van der Waals surface area contributed by atoms with E-state index < -0.39 is 11.8 Å². The van der Waals surface area contributed by atoms with Crippen LogP contribution in [0, 0.1) is 0 Å². The Morgan fingerprint density at radius 1 is 0.972 bits per heavy atom. The van der Waals surface area contributed by atoms with Gasteiger partial charge in [-0.2, -0.15) is 5.10 Å². The molecule has 0 radical (unpaired) electrons. The highest BCUT2D eigenvalue weighted by atomic mass is 16.5. The third-order valence-electron chi connectivity index (χ3n) is 5.44. The summed E-state index contributed by atoms with van der Waals surface area (Å²) in [5.41, 5.74) is 5.34. The van der Waals surface area contributed by atoms with E-state index in [9.17, 15) is 14.7 Å². The Hall–Kier alpha value is -4.59. The predicted octanol–water partition coefficient (Wildman–Crippen LogP) is 4.17. The maximum absolute atomic E-state index is 13.0. The standard InChI is InChI=1S/C28H30N4O4/c1-4-32(5-2)23-14-11-20(12-15-23)17-24(30-27(34)22-9-7-6-8-10-22)28(35)31-29-19-21-13-16-25(33)26(18-21)36-3/h6-19,33H,4-5H2,1-3H3,(H,30,34)(H,31,35)/b24-17+,29-19-. The summed E-state index contributed by atoms with van der Waals surface area (Å²) >= 11 is 0. The van der Waals surface area contributed by atoms with E-state index in [-0.39, 0.29) is 17.2 Å². The van der Waals surface area contributed by atoms with Crippen LogP contribution in [-0.2, 0) is 4.79 Å². The number of benzene rings is 3. The number of nitrogens with one attached hydrogen (secondary N) is 2. The average molecular weight is 487 g/mol. The van der Waals surface area contributed by atoms with Crippen molar-refractivity contribution in [1.82, 2.24) is 10.7 Å². The van der Waals surface area contributed by atoms with Crippen molar-refractivity contribution in [3.05, 3.63) is 95.2 Å². The topological polar surface area (TPSA) is 103 Å². The van der Waals surface area contributed by atoms with E-state index in [1.54, 1.807) is 42.5 Å². The van der Waals surface area contributed by atoms with E-state index in [4.69, 9.17) is 4.74 Å². The Morgan fingerprint density at radius 3 is 2.28 bits per heavy atom. The highest BCUT2D eigenvalue weighted by Crippen LogP contribution is 2.25. The molecule has 3 rings (SSSR count). The molecule has 36 heavy (non-hydrogen) atoms. The smallest absolute Gasteiger partial charge is 0.287 e. The summed E-state index contributed by atoms with van der Waals surface area (Å²) in [7, 11) is 1.44. The Labute approximate surface area is 210 Å². The number of amides is 2. The lowest BCUT2D eigenvalue weighted by molar-refractivity contribution is -0.117. The fourth-order valence-electron chi connectivity index (χ4n) is 3.48. The number of methoxy groups -OCH3 is 1.